The first-order valence-electron chi connectivity index (χ1n) is 6.41. The summed E-state index contributed by atoms with van der Waals surface area (Å²) in [5.41, 5.74) is 6.49. The average Bonchev–Trinajstić information content (AvgIpc) is 3.28. The normalized spacial score (nSPS) is 15.7. The van der Waals surface area contributed by atoms with Crippen molar-refractivity contribution in [3.63, 3.8) is 0 Å². The van der Waals surface area contributed by atoms with Gasteiger partial charge in [0.15, 0.2) is 11.5 Å². The van der Waals surface area contributed by atoms with Gasteiger partial charge in [-0.15, -0.1) is 0 Å². The molecule has 1 fully saturated rings. The van der Waals surface area contributed by atoms with Crippen LogP contribution in [-0.2, 0) is 0 Å². The van der Waals surface area contributed by atoms with Gasteiger partial charge in [-0.05, 0) is 37.0 Å². The molecule has 5 heteroatoms. The zero-order valence-electron chi connectivity index (χ0n) is 11.3. The van der Waals surface area contributed by atoms with Crippen LogP contribution in [0.3, 0.4) is 0 Å². The molecular formula is C14H20N2O3. The van der Waals surface area contributed by atoms with Gasteiger partial charge in [0.1, 0.15) is 0 Å². The van der Waals surface area contributed by atoms with E-state index in [2.05, 4.69) is 5.32 Å². The lowest BCUT2D eigenvalue weighted by Gasteiger charge is -2.13. The molecule has 1 unspecified atom stereocenters. The number of benzene rings is 1. The topological polar surface area (TPSA) is 73.6 Å². The van der Waals surface area contributed by atoms with Crippen LogP contribution in [0, 0.1) is 5.92 Å². The predicted molar refractivity (Wildman–Crippen MR) is 72.6 cm³/mol. The Morgan fingerprint density at radius 1 is 1.37 bits per heavy atom. The molecular weight excluding hydrogens is 244 g/mol. The molecule has 1 aromatic carbocycles. The molecule has 0 bridgehead atoms. The Kier molecular flexibility index (Phi) is 4.27. The van der Waals surface area contributed by atoms with Crippen molar-refractivity contribution in [3.8, 4) is 11.5 Å². The van der Waals surface area contributed by atoms with Gasteiger partial charge in [0.2, 0.25) is 0 Å². The summed E-state index contributed by atoms with van der Waals surface area (Å²) in [5.74, 6) is 1.58. The molecule has 3 N–H and O–H groups in total. The van der Waals surface area contributed by atoms with E-state index in [4.69, 9.17) is 15.2 Å². The van der Waals surface area contributed by atoms with Crippen LogP contribution >= 0.6 is 0 Å². The second-order valence-corrected chi connectivity index (χ2v) is 4.78. The number of hydrogen-bond acceptors (Lipinski definition) is 4. The van der Waals surface area contributed by atoms with Crippen molar-refractivity contribution in [2.24, 2.45) is 11.7 Å². The summed E-state index contributed by atoms with van der Waals surface area (Å²) in [4.78, 5) is 12.0. The van der Waals surface area contributed by atoms with Crippen LogP contribution in [0.4, 0.5) is 0 Å². The lowest BCUT2D eigenvalue weighted by Crippen LogP contribution is -2.38. The highest BCUT2D eigenvalue weighted by atomic mass is 16.5. The lowest BCUT2D eigenvalue weighted by atomic mass is 10.1. The molecule has 0 radical (unpaired) electrons. The molecule has 1 aliphatic rings. The van der Waals surface area contributed by atoms with Gasteiger partial charge in [-0.25, -0.2) is 0 Å². The summed E-state index contributed by atoms with van der Waals surface area (Å²) >= 11 is 0. The lowest BCUT2D eigenvalue weighted by molar-refractivity contribution is 0.0950. The van der Waals surface area contributed by atoms with Gasteiger partial charge in [-0.3, -0.25) is 4.79 Å². The molecule has 1 saturated carbocycles. The minimum Gasteiger partial charge on any atom is -0.493 e. The molecule has 0 heterocycles. The molecule has 2 rings (SSSR count). The van der Waals surface area contributed by atoms with Crippen molar-refractivity contribution in [1.82, 2.24) is 5.32 Å². The van der Waals surface area contributed by atoms with Gasteiger partial charge in [0.05, 0.1) is 14.2 Å². The molecule has 19 heavy (non-hydrogen) atoms. The molecule has 5 nitrogen and oxygen atoms in total. The van der Waals surface area contributed by atoms with E-state index in [1.165, 1.54) is 12.8 Å². The van der Waals surface area contributed by atoms with E-state index < -0.39 is 0 Å². The number of methoxy groups -OCH3 is 2. The highest BCUT2D eigenvalue weighted by molar-refractivity contribution is 5.94. The first kappa shape index (κ1) is 13.7. The maximum atomic E-state index is 12.0. The Hall–Kier alpha value is -1.75. The van der Waals surface area contributed by atoms with E-state index in [9.17, 15) is 4.79 Å². The number of carbonyl (C=O) groups excluding carboxylic acids is 1. The van der Waals surface area contributed by atoms with E-state index >= 15 is 0 Å². The number of hydrogen-bond donors (Lipinski definition) is 2. The molecule has 104 valence electrons. The fourth-order valence-corrected chi connectivity index (χ4v) is 1.98. The maximum absolute atomic E-state index is 12.0. The van der Waals surface area contributed by atoms with Crippen molar-refractivity contribution in [1.29, 1.82) is 0 Å². The van der Waals surface area contributed by atoms with Crippen LogP contribution in [0.25, 0.3) is 0 Å². The van der Waals surface area contributed by atoms with Crippen LogP contribution in [0.15, 0.2) is 18.2 Å². The number of ether oxygens (including phenoxy) is 2. The zero-order valence-corrected chi connectivity index (χ0v) is 11.3. The highest BCUT2D eigenvalue weighted by Crippen LogP contribution is 2.31. The summed E-state index contributed by atoms with van der Waals surface area (Å²) in [6.07, 6.45) is 2.35. The van der Waals surface area contributed by atoms with Crippen LogP contribution in [0.1, 0.15) is 23.2 Å². The Balaban J connectivity index is 1.97. The molecule has 1 amide bonds. The minimum atomic E-state index is -0.142. The van der Waals surface area contributed by atoms with E-state index in [-0.39, 0.29) is 11.9 Å². The largest absolute Gasteiger partial charge is 0.493 e. The summed E-state index contributed by atoms with van der Waals surface area (Å²) in [6.45, 7) is 0.512. The van der Waals surface area contributed by atoms with Crippen molar-refractivity contribution in [2.45, 2.75) is 18.9 Å². The van der Waals surface area contributed by atoms with Crippen LogP contribution < -0.4 is 20.5 Å². The maximum Gasteiger partial charge on any atom is 0.251 e. The third-order valence-electron chi connectivity index (χ3n) is 3.37. The second kappa shape index (κ2) is 5.93. The first-order chi connectivity index (χ1) is 9.15. The van der Waals surface area contributed by atoms with Crippen molar-refractivity contribution in [2.75, 3.05) is 20.8 Å². The third-order valence-corrected chi connectivity index (χ3v) is 3.37. The number of carbonyl (C=O) groups is 1. The number of rotatable bonds is 6. The average molecular weight is 264 g/mol. The molecule has 0 aliphatic heterocycles. The smallest absolute Gasteiger partial charge is 0.251 e. The van der Waals surface area contributed by atoms with Gasteiger partial charge in [-0.2, -0.15) is 0 Å². The minimum absolute atomic E-state index is 0.0593. The van der Waals surface area contributed by atoms with E-state index in [1.54, 1.807) is 32.4 Å². The van der Waals surface area contributed by atoms with E-state index in [0.717, 1.165) is 0 Å². The summed E-state index contributed by atoms with van der Waals surface area (Å²) < 4.78 is 10.3. The predicted octanol–water partition coefficient (Wildman–Crippen LogP) is 1.17. The number of amides is 1. The number of nitrogens with two attached hydrogens (primary N) is 1. The van der Waals surface area contributed by atoms with Gasteiger partial charge in [-0.1, -0.05) is 0 Å². The quantitative estimate of drug-likeness (QED) is 0.809. The second-order valence-electron chi connectivity index (χ2n) is 4.78. The fraction of sp³-hybridized carbons (Fsp3) is 0.500. The molecule has 0 spiro atoms. The van der Waals surface area contributed by atoms with Crippen molar-refractivity contribution < 1.29 is 14.3 Å². The SMILES string of the molecule is COc1ccc(C(=O)NCC(N)C2CC2)cc1OC. The third kappa shape index (κ3) is 3.38. The Morgan fingerprint density at radius 3 is 2.63 bits per heavy atom. The van der Waals surface area contributed by atoms with Gasteiger partial charge in [0, 0.05) is 18.2 Å². The molecule has 0 aromatic heterocycles. The number of nitrogens with one attached hydrogen (secondary N) is 1. The van der Waals surface area contributed by atoms with Crippen molar-refractivity contribution >= 4 is 5.91 Å². The monoisotopic (exact) mass is 264 g/mol. The van der Waals surface area contributed by atoms with Gasteiger partial charge < -0.3 is 20.5 Å². The van der Waals surface area contributed by atoms with Crippen LogP contribution in [-0.4, -0.2) is 32.7 Å². The van der Waals surface area contributed by atoms with Gasteiger partial charge >= 0.3 is 0 Å². The Labute approximate surface area is 113 Å². The van der Waals surface area contributed by atoms with Gasteiger partial charge in [0.25, 0.3) is 5.91 Å². The van der Waals surface area contributed by atoms with E-state index in [0.29, 0.717) is 29.5 Å². The van der Waals surface area contributed by atoms with E-state index in [1.807, 2.05) is 0 Å². The summed E-state index contributed by atoms with van der Waals surface area (Å²) in [7, 11) is 3.11. The molecule has 1 atom stereocenters. The summed E-state index contributed by atoms with van der Waals surface area (Å²) in [6, 6.07) is 5.15. The molecule has 1 aliphatic carbocycles. The molecule has 1 aromatic rings. The fourth-order valence-electron chi connectivity index (χ4n) is 1.98. The van der Waals surface area contributed by atoms with Crippen molar-refractivity contribution in [3.05, 3.63) is 23.8 Å². The highest BCUT2D eigenvalue weighted by Gasteiger charge is 2.28. The molecule has 0 saturated heterocycles. The zero-order chi connectivity index (χ0) is 13.8. The first-order valence-corrected chi connectivity index (χ1v) is 6.41. The standard InChI is InChI=1S/C14H20N2O3/c1-18-12-6-5-10(7-13(12)19-2)14(17)16-8-11(15)9-3-4-9/h5-7,9,11H,3-4,8,15H2,1-2H3,(H,16,17). The summed E-state index contributed by atoms with van der Waals surface area (Å²) in [5, 5.41) is 2.85. The van der Waals surface area contributed by atoms with Crippen LogP contribution in [0.2, 0.25) is 0 Å². The van der Waals surface area contributed by atoms with Crippen LogP contribution in [0.5, 0.6) is 11.5 Å². The Bertz CT molecular complexity index is 458. The Morgan fingerprint density at radius 2 is 2.05 bits per heavy atom.